The highest BCUT2D eigenvalue weighted by Crippen LogP contribution is 2.31. The van der Waals surface area contributed by atoms with Crippen LogP contribution >= 0.6 is 23.1 Å². The topological polar surface area (TPSA) is 105 Å². The third kappa shape index (κ3) is 7.43. The van der Waals surface area contributed by atoms with Crippen molar-refractivity contribution < 1.29 is 14.3 Å². The molecule has 2 aromatic rings. The van der Waals surface area contributed by atoms with E-state index in [9.17, 15) is 9.59 Å². The Balaban J connectivity index is 1.81. The Bertz CT molecular complexity index is 754. The number of nitrogens with one attached hydrogen (secondary N) is 3. The zero-order valence-electron chi connectivity index (χ0n) is 15.3. The normalized spacial score (nSPS) is 10.3. The highest BCUT2D eigenvalue weighted by Gasteiger charge is 2.12. The summed E-state index contributed by atoms with van der Waals surface area (Å²) < 4.78 is 6.20. The van der Waals surface area contributed by atoms with Gasteiger partial charge in [-0.25, -0.2) is 4.79 Å². The Morgan fingerprint density at radius 1 is 1.22 bits per heavy atom. The van der Waals surface area contributed by atoms with Crippen molar-refractivity contribution in [2.45, 2.75) is 31.0 Å². The fourth-order valence-corrected chi connectivity index (χ4v) is 3.56. The average Bonchev–Trinajstić information content (AvgIpc) is 3.09. The summed E-state index contributed by atoms with van der Waals surface area (Å²) in [6.45, 7) is 5.07. The molecular weight excluding hydrogens is 386 g/mol. The first-order valence-electron chi connectivity index (χ1n) is 8.65. The van der Waals surface area contributed by atoms with Gasteiger partial charge < -0.3 is 15.4 Å². The van der Waals surface area contributed by atoms with Crippen LogP contribution in [0.15, 0.2) is 28.6 Å². The number of unbranched alkanes of at least 4 members (excludes halogenated alkanes) is 1. The van der Waals surface area contributed by atoms with Crippen LogP contribution in [0.2, 0.25) is 0 Å². The fourth-order valence-electron chi connectivity index (χ4n) is 2.00. The molecule has 0 fully saturated rings. The van der Waals surface area contributed by atoms with Gasteiger partial charge in [0.05, 0.1) is 18.0 Å². The van der Waals surface area contributed by atoms with Crippen LogP contribution in [0, 0.1) is 0 Å². The number of anilines is 2. The number of imide groups is 1. The number of hydrogen-bond donors (Lipinski definition) is 3. The van der Waals surface area contributed by atoms with Crippen LogP contribution in [0.25, 0.3) is 0 Å². The number of ether oxygens (including phenoxy) is 1. The minimum Gasteiger partial charge on any atom is -0.492 e. The number of aromatic nitrogens is 2. The smallest absolute Gasteiger partial charge is 0.321 e. The van der Waals surface area contributed by atoms with Gasteiger partial charge >= 0.3 is 6.03 Å². The van der Waals surface area contributed by atoms with Crippen molar-refractivity contribution in [2.75, 3.05) is 24.2 Å². The summed E-state index contributed by atoms with van der Waals surface area (Å²) in [7, 11) is 0. The Hall–Kier alpha value is -2.33. The summed E-state index contributed by atoms with van der Waals surface area (Å²) in [5.41, 5.74) is 0.800. The predicted molar refractivity (Wildman–Crippen MR) is 108 cm³/mol. The summed E-state index contributed by atoms with van der Waals surface area (Å²) in [4.78, 5) is 23.3. The monoisotopic (exact) mass is 409 g/mol. The molecule has 3 amide bonds. The third-order valence-electron chi connectivity index (χ3n) is 3.23. The van der Waals surface area contributed by atoms with Gasteiger partial charge in [-0.15, -0.1) is 10.2 Å². The number of nitrogens with zero attached hydrogens (tertiary/aromatic N) is 2. The van der Waals surface area contributed by atoms with Gasteiger partial charge in [0, 0.05) is 6.54 Å². The number of amides is 3. The summed E-state index contributed by atoms with van der Waals surface area (Å²) in [5.74, 6) is 0.448. The van der Waals surface area contributed by atoms with Crippen LogP contribution in [0.5, 0.6) is 5.75 Å². The molecular formula is C17H23N5O3S2. The van der Waals surface area contributed by atoms with E-state index in [1.807, 2.05) is 38.1 Å². The molecule has 0 bridgehead atoms. The molecule has 0 unspecified atom stereocenters. The highest BCUT2D eigenvalue weighted by atomic mass is 32.2. The Morgan fingerprint density at radius 3 is 2.81 bits per heavy atom. The molecule has 1 heterocycles. The van der Waals surface area contributed by atoms with Gasteiger partial charge in [-0.1, -0.05) is 48.6 Å². The van der Waals surface area contributed by atoms with E-state index < -0.39 is 6.03 Å². The van der Waals surface area contributed by atoms with Gasteiger partial charge in [-0.2, -0.15) is 0 Å². The molecule has 3 N–H and O–H groups in total. The molecule has 0 radical (unpaired) electrons. The van der Waals surface area contributed by atoms with E-state index in [2.05, 4.69) is 26.1 Å². The summed E-state index contributed by atoms with van der Waals surface area (Å²) in [5, 5.41) is 16.8. The molecule has 0 saturated heterocycles. The van der Waals surface area contributed by atoms with Crippen molar-refractivity contribution in [1.82, 2.24) is 20.8 Å². The molecule has 1 aromatic heterocycles. The maximum absolute atomic E-state index is 11.8. The van der Waals surface area contributed by atoms with Gasteiger partial charge in [0.2, 0.25) is 11.0 Å². The van der Waals surface area contributed by atoms with E-state index in [4.69, 9.17) is 4.74 Å². The Labute approximate surface area is 166 Å². The summed E-state index contributed by atoms with van der Waals surface area (Å²) in [6.07, 6.45) is 1.86. The van der Waals surface area contributed by atoms with E-state index >= 15 is 0 Å². The van der Waals surface area contributed by atoms with E-state index in [-0.39, 0.29) is 11.7 Å². The molecule has 8 nitrogen and oxygen atoms in total. The molecule has 2 rings (SSSR count). The second kappa shape index (κ2) is 11.4. The van der Waals surface area contributed by atoms with E-state index in [0.717, 1.165) is 24.3 Å². The maximum atomic E-state index is 11.8. The number of rotatable bonds is 10. The van der Waals surface area contributed by atoms with Crippen molar-refractivity contribution in [3.05, 3.63) is 24.3 Å². The minimum absolute atomic E-state index is 0.0887. The highest BCUT2D eigenvalue weighted by molar-refractivity contribution is 8.01. The number of thioether (sulfide) groups is 1. The number of carbonyl (C=O) groups is 2. The molecule has 0 atom stereocenters. The molecule has 0 aliphatic heterocycles. The third-order valence-corrected chi connectivity index (χ3v) is 5.20. The number of urea groups is 1. The van der Waals surface area contributed by atoms with Crippen LogP contribution in [-0.4, -0.2) is 41.0 Å². The van der Waals surface area contributed by atoms with E-state index in [1.165, 1.54) is 23.1 Å². The predicted octanol–water partition coefficient (Wildman–Crippen LogP) is 3.40. The van der Waals surface area contributed by atoms with Crippen LogP contribution < -0.4 is 20.7 Å². The van der Waals surface area contributed by atoms with Gasteiger partial charge in [0.25, 0.3) is 0 Å². The molecule has 0 saturated carbocycles. The zero-order valence-corrected chi connectivity index (χ0v) is 16.9. The first-order chi connectivity index (χ1) is 13.1. The largest absolute Gasteiger partial charge is 0.492 e. The van der Waals surface area contributed by atoms with Crippen LogP contribution in [-0.2, 0) is 4.79 Å². The number of para-hydroxylation sites is 2. The van der Waals surface area contributed by atoms with Crippen molar-refractivity contribution in [1.29, 1.82) is 0 Å². The molecule has 1 aromatic carbocycles. The molecule has 0 aliphatic carbocycles. The Kier molecular flexibility index (Phi) is 8.85. The van der Waals surface area contributed by atoms with Crippen molar-refractivity contribution >= 4 is 45.9 Å². The molecule has 146 valence electrons. The summed E-state index contributed by atoms with van der Waals surface area (Å²) >= 11 is 2.55. The maximum Gasteiger partial charge on any atom is 0.321 e. The molecule has 27 heavy (non-hydrogen) atoms. The average molecular weight is 410 g/mol. The molecule has 0 spiro atoms. The first kappa shape index (κ1) is 21.0. The fraction of sp³-hybridized carbons (Fsp3) is 0.412. The lowest BCUT2D eigenvalue weighted by Gasteiger charge is -2.09. The minimum atomic E-state index is -0.471. The van der Waals surface area contributed by atoms with Crippen molar-refractivity contribution in [3.63, 3.8) is 0 Å². The SMILES string of the molecule is CCCCNC(=O)NC(=O)CSc1nnc(Nc2ccccc2OCC)s1. The van der Waals surface area contributed by atoms with Gasteiger partial charge in [-0.3, -0.25) is 10.1 Å². The lowest BCUT2D eigenvalue weighted by Crippen LogP contribution is -2.40. The number of benzene rings is 1. The van der Waals surface area contributed by atoms with Crippen molar-refractivity contribution in [2.24, 2.45) is 0 Å². The van der Waals surface area contributed by atoms with Crippen LogP contribution in [0.3, 0.4) is 0 Å². The van der Waals surface area contributed by atoms with Crippen LogP contribution in [0.1, 0.15) is 26.7 Å². The van der Waals surface area contributed by atoms with Gasteiger partial charge in [-0.05, 0) is 25.5 Å². The van der Waals surface area contributed by atoms with E-state index in [1.54, 1.807) is 0 Å². The zero-order chi connectivity index (χ0) is 19.5. The summed E-state index contributed by atoms with van der Waals surface area (Å²) in [6, 6.07) is 7.09. The number of carbonyl (C=O) groups excluding carboxylic acids is 2. The van der Waals surface area contributed by atoms with Gasteiger partial charge in [0.15, 0.2) is 4.34 Å². The number of hydrogen-bond acceptors (Lipinski definition) is 8. The molecule has 10 heteroatoms. The van der Waals surface area contributed by atoms with Crippen molar-refractivity contribution in [3.8, 4) is 5.75 Å². The Morgan fingerprint density at radius 2 is 2.04 bits per heavy atom. The lowest BCUT2D eigenvalue weighted by atomic mass is 10.3. The second-order valence-corrected chi connectivity index (χ2v) is 7.57. The lowest BCUT2D eigenvalue weighted by molar-refractivity contribution is -0.117. The standard InChI is InChI=1S/C17H23N5O3S2/c1-3-5-10-18-15(24)20-14(23)11-26-17-22-21-16(27-17)19-12-8-6-7-9-13(12)25-4-2/h6-9H,3-5,10-11H2,1-2H3,(H,19,21)(H2,18,20,23,24). The van der Waals surface area contributed by atoms with Gasteiger partial charge in [0.1, 0.15) is 5.75 Å². The van der Waals surface area contributed by atoms with Crippen LogP contribution in [0.4, 0.5) is 15.6 Å². The first-order valence-corrected chi connectivity index (χ1v) is 10.5. The quantitative estimate of drug-likeness (QED) is 0.408. The van der Waals surface area contributed by atoms with E-state index in [0.29, 0.717) is 22.6 Å². The second-order valence-electron chi connectivity index (χ2n) is 5.37. The molecule has 0 aliphatic rings.